The molecule has 0 saturated heterocycles. The fraction of sp³-hybridized carbons (Fsp3) is 0.294. The zero-order valence-electron chi connectivity index (χ0n) is 13.7. The molecule has 0 radical (unpaired) electrons. The first-order chi connectivity index (χ1) is 11.1. The number of nitrogens with zero attached hydrogens (tertiary/aromatic N) is 3. The maximum atomic E-state index is 5.43. The summed E-state index contributed by atoms with van der Waals surface area (Å²) in [4.78, 5) is 0. The first-order valence-electron chi connectivity index (χ1n) is 7.30. The predicted octanol–water partition coefficient (Wildman–Crippen LogP) is 3.99. The molecule has 0 atom stereocenters. The van der Waals surface area contributed by atoms with Crippen LogP contribution in [0.25, 0.3) is 11.4 Å². The van der Waals surface area contributed by atoms with Crippen LogP contribution in [-0.4, -0.2) is 21.9 Å². The van der Waals surface area contributed by atoms with Gasteiger partial charge in [-0.25, -0.2) is 0 Å². The summed E-state index contributed by atoms with van der Waals surface area (Å²) in [5, 5.41) is 9.46. The van der Waals surface area contributed by atoms with E-state index < -0.39 is 0 Å². The van der Waals surface area contributed by atoms with Gasteiger partial charge < -0.3 is 13.7 Å². The predicted molar refractivity (Wildman–Crippen MR) is 90.7 cm³/mol. The van der Waals surface area contributed by atoms with Crippen LogP contribution in [0.2, 0.25) is 0 Å². The molecule has 1 aromatic carbocycles. The highest BCUT2D eigenvalue weighted by atomic mass is 32.2. The molecule has 23 heavy (non-hydrogen) atoms. The molecular weight excluding hydrogens is 310 g/mol. The maximum absolute atomic E-state index is 5.43. The average molecular weight is 329 g/mol. The highest BCUT2D eigenvalue weighted by molar-refractivity contribution is 7.98. The van der Waals surface area contributed by atoms with E-state index in [0.717, 1.165) is 39.4 Å². The van der Waals surface area contributed by atoms with Crippen molar-refractivity contribution in [2.24, 2.45) is 7.05 Å². The summed E-state index contributed by atoms with van der Waals surface area (Å²) in [6.07, 6.45) is 1.67. The third kappa shape index (κ3) is 3.12. The van der Waals surface area contributed by atoms with E-state index in [1.54, 1.807) is 25.1 Å². The Balaban J connectivity index is 1.81. The van der Waals surface area contributed by atoms with Crippen molar-refractivity contribution in [2.75, 3.05) is 7.11 Å². The van der Waals surface area contributed by atoms with Crippen molar-refractivity contribution in [1.29, 1.82) is 0 Å². The summed E-state index contributed by atoms with van der Waals surface area (Å²) in [5.41, 5.74) is 3.34. The van der Waals surface area contributed by atoms with Gasteiger partial charge in [-0.3, -0.25) is 0 Å². The summed E-state index contributed by atoms with van der Waals surface area (Å²) in [6.45, 7) is 4.00. The largest absolute Gasteiger partial charge is 0.496 e. The summed E-state index contributed by atoms with van der Waals surface area (Å²) in [5.74, 6) is 3.34. The summed E-state index contributed by atoms with van der Waals surface area (Å²) in [7, 11) is 3.67. The van der Waals surface area contributed by atoms with Crippen molar-refractivity contribution in [3.8, 4) is 17.1 Å². The zero-order chi connectivity index (χ0) is 16.4. The fourth-order valence-corrected chi connectivity index (χ4v) is 3.34. The SMILES string of the molecule is COc1ccc(C)cc1CSc1nnc(-c2ccoc2C)n1C. The van der Waals surface area contributed by atoms with E-state index in [4.69, 9.17) is 9.15 Å². The maximum Gasteiger partial charge on any atom is 0.191 e. The molecule has 3 rings (SSSR count). The van der Waals surface area contributed by atoms with Crippen LogP contribution < -0.4 is 4.74 Å². The highest BCUT2D eigenvalue weighted by Crippen LogP contribution is 2.30. The number of thioether (sulfide) groups is 1. The van der Waals surface area contributed by atoms with E-state index in [9.17, 15) is 0 Å². The standard InChI is InChI=1S/C17H19N3O2S/c1-11-5-6-15(21-4)13(9-11)10-23-17-19-18-16(20(17)3)14-7-8-22-12(14)2/h5-9H,10H2,1-4H3. The first kappa shape index (κ1) is 15.7. The lowest BCUT2D eigenvalue weighted by Gasteiger charge is -2.09. The minimum Gasteiger partial charge on any atom is -0.496 e. The lowest BCUT2D eigenvalue weighted by molar-refractivity contribution is 0.411. The van der Waals surface area contributed by atoms with Crippen LogP contribution in [-0.2, 0) is 12.8 Å². The molecule has 2 aromatic heterocycles. The number of furan rings is 1. The monoisotopic (exact) mass is 329 g/mol. The minimum absolute atomic E-state index is 0.779. The Morgan fingerprint density at radius 2 is 2.04 bits per heavy atom. The van der Waals surface area contributed by atoms with Crippen molar-refractivity contribution >= 4 is 11.8 Å². The van der Waals surface area contributed by atoms with Crippen LogP contribution >= 0.6 is 11.8 Å². The number of aryl methyl sites for hydroxylation is 2. The van der Waals surface area contributed by atoms with Gasteiger partial charge in [-0.15, -0.1) is 10.2 Å². The lowest BCUT2D eigenvalue weighted by atomic mass is 10.1. The Labute approximate surface area is 139 Å². The van der Waals surface area contributed by atoms with Crippen LogP contribution in [0.15, 0.2) is 40.1 Å². The number of rotatable bonds is 5. The lowest BCUT2D eigenvalue weighted by Crippen LogP contribution is -1.96. The van der Waals surface area contributed by atoms with Crippen molar-refractivity contribution < 1.29 is 9.15 Å². The van der Waals surface area contributed by atoms with Crippen molar-refractivity contribution in [3.63, 3.8) is 0 Å². The van der Waals surface area contributed by atoms with Gasteiger partial charge in [-0.2, -0.15) is 0 Å². The van der Waals surface area contributed by atoms with Gasteiger partial charge in [0.15, 0.2) is 11.0 Å². The highest BCUT2D eigenvalue weighted by Gasteiger charge is 2.15. The van der Waals surface area contributed by atoms with Gasteiger partial charge in [0.2, 0.25) is 0 Å². The summed E-state index contributed by atoms with van der Waals surface area (Å²) < 4.78 is 12.8. The Morgan fingerprint density at radius 1 is 1.22 bits per heavy atom. The normalized spacial score (nSPS) is 11.0. The fourth-order valence-electron chi connectivity index (χ4n) is 2.45. The topological polar surface area (TPSA) is 53.1 Å². The molecule has 2 heterocycles. The number of hydrogen-bond acceptors (Lipinski definition) is 5. The van der Waals surface area contributed by atoms with Crippen molar-refractivity contribution in [3.05, 3.63) is 47.4 Å². The third-order valence-corrected chi connectivity index (χ3v) is 4.80. The van der Waals surface area contributed by atoms with Gasteiger partial charge in [0.1, 0.15) is 11.5 Å². The molecule has 0 aliphatic rings. The number of hydrogen-bond donors (Lipinski definition) is 0. The van der Waals surface area contributed by atoms with Crippen LogP contribution in [0.1, 0.15) is 16.9 Å². The molecule has 0 aliphatic heterocycles. The Hall–Kier alpha value is -2.21. The number of aromatic nitrogens is 3. The van der Waals surface area contributed by atoms with E-state index in [1.807, 2.05) is 30.7 Å². The van der Waals surface area contributed by atoms with Gasteiger partial charge >= 0.3 is 0 Å². The Bertz CT molecular complexity index is 823. The molecule has 0 amide bonds. The molecule has 3 aromatic rings. The molecule has 0 aliphatic carbocycles. The second kappa shape index (κ2) is 6.50. The Kier molecular flexibility index (Phi) is 4.43. The zero-order valence-corrected chi connectivity index (χ0v) is 14.5. The molecule has 0 fully saturated rings. The molecule has 120 valence electrons. The van der Waals surface area contributed by atoms with Crippen LogP contribution in [0.4, 0.5) is 0 Å². The van der Waals surface area contributed by atoms with Crippen LogP contribution in [0.5, 0.6) is 5.75 Å². The van der Waals surface area contributed by atoms with Crippen molar-refractivity contribution in [1.82, 2.24) is 14.8 Å². The Morgan fingerprint density at radius 3 is 2.74 bits per heavy atom. The summed E-state index contributed by atoms with van der Waals surface area (Å²) >= 11 is 1.64. The van der Waals surface area contributed by atoms with Gasteiger partial charge in [-0.05, 0) is 26.0 Å². The molecular formula is C17H19N3O2S. The average Bonchev–Trinajstić information content (AvgIpc) is 3.11. The molecule has 0 spiro atoms. The first-order valence-corrected chi connectivity index (χ1v) is 8.29. The molecule has 5 nitrogen and oxygen atoms in total. The van der Waals surface area contributed by atoms with Crippen molar-refractivity contribution in [2.45, 2.75) is 24.8 Å². The number of benzene rings is 1. The van der Waals surface area contributed by atoms with Crippen LogP contribution in [0.3, 0.4) is 0 Å². The molecule has 0 unspecified atom stereocenters. The van der Waals surface area contributed by atoms with E-state index in [1.165, 1.54) is 5.56 Å². The van der Waals surface area contributed by atoms with Gasteiger partial charge in [-0.1, -0.05) is 29.5 Å². The molecule has 0 N–H and O–H groups in total. The molecule has 0 bridgehead atoms. The molecule has 0 saturated carbocycles. The second-order valence-electron chi connectivity index (χ2n) is 5.36. The van der Waals surface area contributed by atoms with Gasteiger partial charge in [0, 0.05) is 18.4 Å². The molecule has 6 heteroatoms. The quantitative estimate of drug-likeness (QED) is 0.662. The van der Waals surface area contributed by atoms with E-state index >= 15 is 0 Å². The number of methoxy groups -OCH3 is 1. The third-order valence-electron chi connectivity index (χ3n) is 3.73. The van der Waals surface area contributed by atoms with E-state index in [2.05, 4.69) is 29.3 Å². The van der Waals surface area contributed by atoms with Crippen LogP contribution in [0, 0.1) is 13.8 Å². The van der Waals surface area contributed by atoms with Gasteiger partial charge in [0.25, 0.3) is 0 Å². The summed E-state index contributed by atoms with van der Waals surface area (Å²) in [6, 6.07) is 8.11. The minimum atomic E-state index is 0.779. The van der Waals surface area contributed by atoms with Gasteiger partial charge in [0.05, 0.1) is 18.9 Å². The smallest absolute Gasteiger partial charge is 0.191 e. The van der Waals surface area contributed by atoms with E-state index in [-0.39, 0.29) is 0 Å². The second-order valence-corrected chi connectivity index (χ2v) is 6.30. The number of ether oxygens (including phenoxy) is 1. The van der Waals surface area contributed by atoms with E-state index in [0.29, 0.717) is 0 Å².